The average molecular weight is 415 g/mol. The number of ether oxygens (including phenoxy) is 1. The maximum Gasteiger partial charge on any atom is 0.272 e. The number of nitrogens with one attached hydrogen (secondary N) is 1. The van der Waals surface area contributed by atoms with Gasteiger partial charge in [0.2, 0.25) is 0 Å². The lowest BCUT2D eigenvalue weighted by Gasteiger charge is -2.13. The first-order valence-electron chi connectivity index (χ1n) is 8.56. The Morgan fingerprint density at radius 3 is 2.71 bits per heavy atom. The summed E-state index contributed by atoms with van der Waals surface area (Å²) < 4.78 is 37.1. The van der Waals surface area contributed by atoms with Gasteiger partial charge in [0.25, 0.3) is 5.91 Å². The number of hydrogen-bond donors (Lipinski definition) is 1. The molecule has 0 saturated carbocycles. The number of fused-ring (bicyclic) bond motifs is 1. The number of carbonyl (C=O) groups is 1. The molecule has 0 fully saturated rings. The fourth-order valence-corrected chi connectivity index (χ4v) is 4.17. The lowest BCUT2D eigenvalue weighted by molar-refractivity contribution is 0.0929. The van der Waals surface area contributed by atoms with E-state index in [1.165, 1.54) is 12.5 Å². The van der Waals surface area contributed by atoms with Gasteiger partial charge in [-0.2, -0.15) is 8.75 Å². The number of para-hydroxylation sites is 1. The molecule has 1 unspecified atom stereocenters. The Bertz CT molecular complexity index is 1110. The molecule has 2 aromatic carbocycles. The summed E-state index contributed by atoms with van der Waals surface area (Å²) in [5, 5.41) is 2.82. The first-order valence-corrected chi connectivity index (χ1v) is 11.2. The van der Waals surface area contributed by atoms with E-state index in [-0.39, 0.29) is 16.9 Å². The lowest BCUT2D eigenvalue weighted by Crippen LogP contribution is -2.34. The molecular weight excluding hydrogens is 398 g/mol. The summed E-state index contributed by atoms with van der Waals surface area (Å²) in [5.41, 5.74) is 3.13. The first-order chi connectivity index (χ1) is 13.4. The normalized spacial score (nSPS) is 15.7. The summed E-state index contributed by atoms with van der Waals surface area (Å²) >= 11 is 0.988. The molecule has 3 aromatic rings. The Morgan fingerprint density at radius 2 is 2.04 bits per heavy atom. The van der Waals surface area contributed by atoms with Gasteiger partial charge < -0.3 is 10.1 Å². The average Bonchev–Trinajstić information content (AvgIpc) is 3.34. The predicted octanol–water partition coefficient (Wildman–Crippen LogP) is 2.34. The predicted molar refractivity (Wildman–Crippen MR) is 105 cm³/mol. The second kappa shape index (κ2) is 7.33. The summed E-state index contributed by atoms with van der Waals surface area (Å²) in [5.74, 6) is 0.495. The minimum absolute atomic E-state index is 0.179. The number of hydrogen-bond acceptors (Lipinski definition) is 7. The molecule has 1 N–H and O–H groups in total. The first kappa shape index (κ1) is 18.6. The molecule has 1 aliphatic rings. The summed E-state index contributed by atoms with van der Waals surface area (Å²) in [6.45, 7) is 0.359. The number of sulfone groups is 1. The van der Waals surface area contributed by atoms with Crippen LogP contribution in [0.3, 0.4) is 0 Å². The number of aromatic nitrogens is 2. The molecule has 0 radical (unpaired) electrons. The Morgan fingerprint density at radius 1 is 1.25 bits per heavy atom. The van der Waals surface area contributed by atoms with Crippen LogP contribution in [0, 0.1) is 0 Å². The van der Waals surface area contributed by atoms with Crippen molar-refractivity contribution in [2.45, 2.75) is 17.4 Å². The van der Waals surface area contributed by atoms with Crippen molar-refractivity contribution in [2.24, 2.45) is 0 Å². The third-order valence-electron chi connectivity index (χ3n) is 4.51. The van der Waals surface area contributed by atoms with Gasteiger partial charge >= 0.3 is 0 Å². The molecular formula is C19H17N3O4S2. The van der Waals surface area contributed by atoms with Crippen LogP contribution in [0.5, 0.6) is 5.75 Å². The van der Waals surface area contributed by atoms with Gasteiger partial charge in [0.15, 0.2) is 15.5 Å². The fraction of sp³-hybridized carbons (Fsp3) is 0.211. The van der Waals surface area contributed by atoms with Crippen LogP contribution in [0.2, 0.25) is 0 Å². The van der Waals surface area contributed by atoms with Gasteiger partial charge in [-0.1, -0.05) is 30.3 Å². The molecule has 1 aromatic heterocycles. The fourth-order valence-electron chi connectivity index (χ4n) is 3.12. The SMILES string of the molecule is CS(=O)(=O)c1ccc(-c2cccc3c2OC(CNC(=O)c2cnsn2)C3)cc1. The molecule has 1 aliphatic heterocycles. The topological polar surface area (TPSA) is 98.2 Å². The maximum absolute atomic E-state index is 12.0. The minimum Gasteiger partial charge on any atom is -0.487 e. The Labute approximate surface area is 166 Å². The summed E-state index contributed by atoms with van der Waals surface area (Å²) in [7, 11) is -3.24. The second-order valence-corrected chi connectivity index (χ2v) is 9.11. The molecule has 0 aliphatic carbocycles. The van der Waals surface area contributed by atoms with E-state index < -0.39 is 9.84 Å². The van der Waals surface area contributed by atoms with Crippen LogP contribution in [0.4, 0.5) is 0 Å². The number of nitrogens with zero attached hydrogens (tertiary/aromatic N) is 2. The van der Waals surface area contributed by atoms with Crippen LogP contribution >= 0.6 is 11.7 Å². The van der Waals surface area contributed by atoms with Crippen molar-refractivity contribution < 1.29 is 17.9 Å². The third-order valence-corrected chi connectivity index (χ3v) is 6.11. The summed E-state index contributed by atoms with van der Waals surface area (Å²) in [4.78, 5) is 12.3. The van der Waals surface area contributed by atoms with Crippen LogP contribution in [-0.4, -0.2) is 42.0 Å². The molecule has 9 heteroatoms. The van der Waals surface area contributed by atoms with E-state index in [2.05, 4.69) is 14.1 Å². The van der Waals surface area contributed by atoms with E-state index in [0.717, 1.165) is 34.2 Å². The molecule has 0 spiro atoms. The zero-order chi connectivity index (χ0) is 19.7. The molecule has 7 nitrogen and oxygen atoms in total. The Balaban J connectivity index is 1.50. The molecule has 0 bridgehead atoms. The van der Waals surface area contributed by atoms with Gasteiger partial charge in [-0.15, -0.1) is 0 Å². The van der Waals surface area contributed by atoms with Gasteiger partial charge in [0.05, 0.1) is 29.4 Å². The van der Waals surface area contributed by atoms with Gasteiger partial charge in [-0.3, -0.25) is 4.79 Å². The van der Waals surface area contributed by atoms with Crippen molar-refractivity contribution in [2.75, 3.05) is 12.8 Å². The van der Waals surface area contributed by atoms with Crippen molar-refractivity contribution in [1.29, 1.82) is 0 Å². The van der Waals surface area contributed by atoms with E-state index in [4.69, 9.17) is 4.74 Å². The largest absolute Gasteiger partial charge is 0.487 e. The Hall–Kier alpha value is -2.78. The van der Waals surface area contributed by atoms with Crippen LogP contribution in [0.15, 0.2) is 53.6 Å². The smallest absolute Gasteiger partial charge is 0.272 e. The number of carbonyl (C=O) groups excluding carboxylic acids is 1. The standard InChI is InChI=1S/C19H17N3O4S2/c1-28(24,25)15-7-5-12(6-8-15)16-4-2-3-13-9-14(26-18(13)16)10-20-19(23)17-11-21-27-22-17/h2-8,11,14H,9-10H2,1H3,(H,20,23). The quantitative estimate of drug-likeness (QED) is 0.687. The maximum atomic E-state index is 12.0. The molecule has 0 saturated heterocycles. The van der Waals surface area contributed by atoms with E-state index in [9.17, 15) is 13.2 Å². The van der Waals surface area contributed by atoms with Crippen molar-refractivity contribution in [3.63, 3.8) is 0 Å². The molecule has 144 valence electrons. The molecule has 4 rings (SSSR count). The highest BCUT2D eigenvalue weighted by Gasteiger charge is 2.26. The Kier molecular flexibility index (Phi) is 4.86. The van der Waals surface area contributed by atoms with Gasteiger partial charge in [0, 0.05) is 18.2 Å². The highest BCUT2D eigenvalue weighted by Crippen LogP contribution is 2.38. The van der Waals surface area contributed by atoms with Gasteiger partial charge in [-0.25, -0.2) is 8.42 Å². The molecule has 1 atom stereocenters. The molecule has 28 heavy (non-hydrogen) atoms. The van der Waals surface area contributed by atoms with Gasteiger partial charge in [-0.05, 0) is 23.3 Å². The zero-order valence-corrected chi connectivity index (χ0v) is 16.6. The number of amides is 1. The third kappa shape index (κ3) is 3.76. The van der Waals surface area contributed by atoms with Crippen LogP contribution < -0.4 is 10.1 Å². The van der Waals surface area contributed by atoms with E-state index >= 15 is 0 Å². The lowest BCUT2D eigenvalue weighted by atomic mass is 10.0. The monoisotopic (exact) mass is 415 g/mol. The van der Waals surface area contributed by atoms with Crippen molar-refractivity contribution in [1.82, 2.24) is 14.1 Å². The van der Waals surface area contributed by atoms with E-state index in [1.807, 2.05) is 18.2 Å². The number of benzene rings is 2. The van der Waals surface area contributed by atoms with Crippen molar-refractivity contribution >= 4 is 27.5 Å². The molecule has 1 amide bonds. The van der Waals surface area contributed by atoms with E-state index in [0.29, 0.717) is 18.7 Å². The van der Waals surface area contributed by atoms with Crippen LogP contribution in [0.25, 0.3) is 11.1 Å². The highest BCUT2D eigenvalue weighted by molar-refractivity contribution is 7.90. The summed E-state index contributed by atoms with van der Waals surface area (Å²) in [6.07, 6.45) is 3.12. The van der Waals surface area contributed by atoms with E-state index in [1.54, 1.807) is 24.3 Å². The number of rotatable bonds is 5. The van der Waals surface area contributed by atoms with Crippen molar-refractivity contribution in [3.8, 4) is 16.9 Å². The highest BCUT2D eigenvalue weighted by atomic mass is 32.2. The van der Waals surface area contributed by atoms with Gasteiger partial charge in [0.1, 0.15) is 11.9 Å². The second-order valence-electron chi connectivity index (χ2n) is 6.54. The zero-order valence-electron chi connectivity index (χ0n) is 15.0. The molecule has 2 heterocycles. The van der Waals surface area contributed by atoms with Crippen LogP contribution in [-0.2, 0) is 16.3 Å². The summed E-state index contributed by atoms with van der Waals surface area (Å²) in [6, 6.07) is 12.6. The van der Waals surface area contributed by atoms with Crippen molar-refractivity contribution in [3.05, 3.63) is 59.9 Å². The van der Waals surface area contributed by atoms with Crippen LogP contribution in [0.1, 0.15) is 16.1 Å². The minimum atomic E-state index is -3.24.